The van der Waals surface area contributed by atoms with Crippen molar-refractivity contribution < 1.29 is 19.1 Å². The first-order valence-corrected chi connectivity index (χ1v) is 9.23. The Hall–Kier alpha value is -2.52. The van der Waals surface area contributed by atoms with Crippen LogP contribution in [-0.4, -0.2) is 27.9 Å². The molecule has 1 aromatic carbocycles. The number of benzene rings is 1. The highest BCUT2D eigenvalue weighted by Gasteiger charge is 2.12. The van der Waals surface area contributed by atoms with Gasteiger partial charge in [0, 0.05) is 0 Å². The van der Waals surface area contributed by atoms with E-state index in [0.29, 0.717) is 23.3 Å². The van der Waals surface area contributed by atoms with Gasteiger partial charge in [0.15, 0.2) is 4.34 Å². The first-order chi connectivity index (χ1) is 12.2. The standard InChI is InChI=1S/C16H15N3O4S2/c1-2-22-12-6-4-3-5-11(12)17-15-18-19-16(25-15)24-9-10-7-8-13(23-10)14(20)21/h3-8H,2,9H2,1H3,(H,17,18)(H,20,21). The second-order valence-electron chi connectivity index (χ2n) is 4.79. The zero-order chi connectivity index (χ0) is 17.6. The molecule has 0 fully saturated rings. The third-order valence-electron chi connectivity index (χ3n) is 3.05. The molecule has 3 rings (SSSR count). The smallest absolute Gasteiger partial charge is 0.371 e. The Balaban J connectivity index is 1.61. The highest BCUT2D eigenvalue weighted by Crippen LogP contribution is 2.32. The Morgan fingerprint density at radius 1 is 1.32 bits per heavy atom. The number of carbonyl (C=O) groups is 1. The van der Waals surface area contributed by atoms with Gasteiger partial charge in [-0.3, -0.25) is 0 Å². The summed E-state index contributed by atoms with van der Waals surface area (Å²) in [6.45, 7) is 2.51. The van der Waals surface area contributed by atoms with E-state index in [9.17, 15) is 4.79 Å². The molecule has 130 valence electrons. The van der Waals surface area contributed by atoms with E-state index in [1.165, 1.54) is 29.2 Å². The number of hydrogen-bond acceptors (Lipinski definition) is 8. The highest BCUT2D eigenvalue weighted by atomic mass is 32.2. The molecule has 3 aromatic rings. The molecule has 0 amide bonds. The maximum Gasteiger partial charge on any atom is 0.371 e. The molecule has 0 radical (unpaired) electrons. The molecule has 0 bridgehead atoms. The number of ether oxygens (including phenoxy) is 1. The van der Waals surface area contributed by atoms with Crippen molar-refractivity contribution in [3.8, 4) is 5.75 Å². The van der Waals surface area contributed by atoms with Crippen LogP contribution in [0.1, 0.15) is 23.2 Å². The summed E-state index contributed by atoms with van der Waals surface area (Å²) in [5.41, 5.74) is 0.828. The predicted octanol–water partition coefficient (Wildman–Crippen LogP) is 4.26. The van der Waals surface area contributed by atoms with Gasteiger partial charge in [0.1, 0.15) is 11.5 Å². The van der Waals surface area contributed by atoms with Crippen LogP contribution in [0.5, 0.6) is 5.75 Å². The molecular weight excluding hydrogens is 362 g/mol. The summed E-state index contributed by atoms with van der Waals surface area (Å²) in [6.07, 6.45) is 0. The third-order valence-corrected chi connectivity index (χ3v) is 5.04. The summed E-state index contributed by atoms with van der Waals surface area (Å²) in [4.78, 5) is 10.8. The van der Waals surface area contributed by atoms with E-state index in [1.54, 1.807) is 6.07 Å². The van der Waals surface area contributed by atoms with Gasteiger partial charge in [-0.2, -0.15) is 0 Å². The average Bonchev–Trinajstić information content (AvgIpc) is 3.24. The summed E-state index contributed by atoms with van der Waals surface area (Å²) < 4.78 is 11.5. The second kappa shape index (κ2) is 8.04. The fourth-order valence-corrected chi connectivity index (χ4v) is 3.65. The molecule has 0 spiro atoms. The number of carboxylic acid groups (broad SMARTS) is 1. The number of thioether (sulfide) groups is 1. The van der Waals surface area contributed by atoms with Gasteiger partial charge in [-0.05, 0) is 31.2 Å². The number of aromatic carboxylic acids is 1. The van der Waals surface area contributed by atoms with Gasteiger partial charge < -0.3 is 19.6 Å². The zero-order valence-electron chi connectivity index (χ0n) is 13.3. The Morgan fingerprint density at radius 3 is 2.92 bits per heavy atom. The fraction of sp³-hybridized carbons (Fsp3) is 0.188. The lowest BCUT2D eigenvalue weighted by molar-refractivity contribution is 0.0661. The molecule has 0 atom stereocenters. The van der Waals surface area contributed by atoms with Crippen molar-refractivity contribution in [2.75, 3.05) is 11.9 Å². The average molecular weight is 377 g/mol. The topological polar surface area (TPSA) is 97.5 Å². The minimum atomic E-state index is -1.08. The minimum Gasteiger partial charge on any atom is -0.492 e. The van der Waals surface area contributed by atoms with E-state index >= 15 is 0 Å². The molecule has 0 aliphatic rings. The largest absolute Gasteiger partial charge is 0.492 e. The van der Waals surface area contributed by atoms with Crippen LogP contribution >= 0.6 is 23.1 Å². The lowest BCUT2D eigenvalue weighted by Crippen LogP contribution is -1.97. The quantitative estimate of drug-likeness (QED) is 0.562. The number of carboxylic acids is 1. The number of hydrogen-bond donors (Lipinski definition) is 2. The van der Waals surface area contributed by atoms with E-state index in [4.69, 9.17) is 14.3 Å². The number of para-hydroxylation sites is 2. The van der Waals surface area contributed by atoms with Gasteiger partial charge in [0.05, 0.1) is 18.0 Å². The van der Waals surface area contributed by atoms with E-state index < -0.39 is 5.97 Å². The highest BCUT2D eigenvalue weighted by molar-refractivity contribution is 8.00. The molecule has 2 N–H and O–H groups in total. The van der Waals surface area contributed by atoms with Crippen LogP contribution in [0.2, 0.25) is 0 Å². The Labute approximate surface area is 152 Å². The van der Waals surface area contributed by atoms with Crippen molar-refractivity contribution in [3.05, 3.63) is 47.9 Å². The number of rotatable bonds is 8. The van der Waals surface area contributed by atoms with Crippen molar-refractivity contribution in [2.45, 2.75) is 17.0 Å². The van der Waals surface area contributed by atoms with Gasteiger partial charge in [-0.25, -0.2) is 4.79 Å². The van der Waals surface area contributed by atoms with Crippen LogP contribution in [0.25, 0.3) is 0 Å². The lowest BCUT2D eigenvalue weighted by atomic mass is 10.3. The van der Waals surface area contributed by atoms with Gasteiger partial charge in [-0.1, -0.05) is 35.2 Å². The SMILES string of the molecule is CCOc1ccccc1Nc1nnc(SCc2ccc(C(=O)O)o2)s1. The molecule has 2 aromatic heterocycles. The number of furan rings is 1. The Kier molecular flexibility index (Phi) is 5.56. The van der Waals surface area contributed by atoms with Crippen LogP contribution in [0.15, 0.2) is 45.2 Å². The number of nitrogens with one attached hydrogen (secondary N) is 1. The summed E-state index contributed by atoms with van der Waals surface area (Å²) in [7, 11) is 0. The van der Waals surface area contributed by atoms with E-state index in [0.717, 1.165) is 15.8 Å². The normalized spacial score (nSPS) is 10.6. The van der Waals surface area contributed by atoms with Crippen molar-refractivity contribution in [1.82, 2.24) is 10.2 Å². The third kappa shape index (κ3) is 4.52. The monoisotopic (exact) mass is 377 g/mol. The predicted molar refractivity (Wildman–Crippen MR) is 96.0 cm³/mol. The summed E-state index contributed by atoms with van der Waals surface area (Å²) in [6, 6.07) is 10.7. The molecule has 0 unspecified atom stereocenters. The van der Waals surface area contributed by atoms with E-state index in [1.807, 2.05) is 31.2 Å². The van der Waals surface area contributed by atoms with Crippen LogP contribution < -0.4 is 10.1 Å². The van der Waals surface area contributed by atoms with Gasteiger partial charge in [-0.15, -0.1) is 10.2 Å². The van der Waals surface area contributed by atoms with Gasteiger partial charge >= 0.3 is 5.97 Å². The first kappa shape index (κ1) is 17.3. The molecule has 7 nitrogen and oxygen atoms in total. The molecule has 9 heteroatoms. The molecule has 25 heavy (non-hydrogen) atoms. The number of anilines is 2. The molecule has 0 aliphatic heterocycles. The van der Waals surface area contributed by atoms with Gasteiger partial charge in [0.2, 0.25) is 10.9 Å². The van der Waals surface area contributed by atoms with E-state index in [2.05, 4.69) is 15.5 Å². The van der Waals surface area contributed by atoms with Crippen molar-refractivity contribution in [1.29, 1.82) is 0 Å². The minimum absolute atomic E-state index is 0.0669. The lowest BCUT2D eigenvalue weighted by Gasteiger charge is -2.09. The molecule has 0 aliphatic carbocycles. The molecule has 0 saturated heterocycles. The summed E-state index contributed by atoms with van der Waals surface area (Å²) in [5, 5.41) is 20.9. The van der Waals surface area contributed by atoms with Crippen LogP contribution in [0.3, 0.4) is 0 Å². The van der Waals surface area contributed by atoms with Crippen LogP contribution in [0.4, 0.5) is 10.8 Å². The first-order valence-electron chi connectivity index (χ1n) is 7.43. The van der Waals surface area contributed by atoms with Crippen molar-refractivity contribution in [2.24, 2.45) is 0 Å². The van der Waals surface area contributed by atoms with Crippen LogP contribution in [0, 0.1) is 0 Å². The van der Waals surface area contributed by atoms with Gasteiger partial charge in [0.25, 0.3) is 0 Å². The van der Waals surface area contributed by atoms with E-state index in [-0.39, 0.29) is 5.76 Å². The zero-order valence-corrected chi connectivity index (χ0v) is 14.9. The molecule has 0 saturated carbocycles. The maximum atomic E-state index is 10.8. The summed E-state index contributed by atoms with van der Waals surface area (Å²) in [5.74, 6) is 0.673. The maximum absolute atomic E-state index is 10.8. The molecular formula is C16H15N3O4S2. The van der Waals surface area contributed by atoms with Crippen LogP contribution in [-0.2, 0) is 5.75 Å². The Bertz CT molecular complexity index is 862. The second-order valence-corrected chi connectivity index (χ2v) is 6.99. The fourth-order valence-electron chi connectivity index (χ4n) is 1.99. The number of aromatic nitrogens is 2. The number of nitrogens with zero attached hydrogens (tertiary/aromatic N) is 2. The molecule has 2 heterocycles. The summed E-state index contributed by atoms with van der Waals surface area (Å²) >= 11 is 2.83. The van der Waals surface area contributed by atoms with Crippen molar-refractivity contribution >= 4 is 39.9 Å². The Morgan fingerprint density at radius 2 is 2.16 bits per heavy atom. The van der Waals surface area contributed by atoms with Crippen molar-refractivity contribution in [3.63, 3.8) is 0 Å².